The van der Waals surface area contributed by atoms with E-state index in [9.17, 15) is 4.79 Å². The van der Waals surface area contributed by atoms with Crippen molar-refractivity contribution < 1.29 is 9.53 Å². The molecular formula is C15H18N4O2. The Labute approximate surface area is 123 Å². The Morgan fingerprint density at radius 3 is 2.71 bits per heavy atom. The molecular weight excluding hydrogens is 268 g/mol. The van der Waals surface area contributed by atoms with Gasteiger partial charge < -0.3 is 15.8 Å². The van der Waals surface area contributed by atoms with Crippen molar-refractivity contribution >= 4 is 11.6 Å². The van der Waals surface area contributed by atoms with Gasteiger partial charge in [0, 0.05) is 24.0 Å². The number of anilines is 1. The third-order valence-corrected chi connectivity index (χ3v) is 2.73. The molecule has 21 heavy (non-hydrogen) atoms. The number of benzene rings is 1. The van der Waals surface area contributed by atoms with Gasteiger partial charge in [-0.25, -0.2) is 9.97 Å². The highest BCUT2D eigenvalue weighted by Gasteiger charge is 2.03. The van der Waals surface area contributed by atoms with Crippen LogP contribution in [0.3, 0.4) is 0 Å². The number of ether oxygens (including phenoxy) is 1. The number of nitrogens with one attached hydrogen (secondary N) is 1. The average Bonchev–Trinajstić information content (AvgIpc) is 2.47. The maximum absolute atomic E-state index is 11.6. The molecule has 0 atom stereocenters. The van der Waals surface area contributed by atoms with Crippen LogP contribution in [0, 0.1) is 6.92 Å². The van der Waals surface area contributed by atoms with Crippen LogP contribution >= 0.6 is 0 Å². The van der Waals surface area contributed by atoms with Crippen molar-refractivity contribution in [2.24, 2.45) is 5.73 Å². The molecule has 0 radical (unpaired) electrons. The smallest absolute Gasteiger partial charge is 0.322 e. The topological polar surface area (TPSA) is 90.1 Å². The van der Waals surface area contributed by atoms with Crippen LogP contribution in [0.15, 0.2) is 36.5 Å². The number of aryl methyl sites for hydroxylation is 1. The van der Waals surface area contributed by atoms with Crippen molar-refractivity contribution in [3.05, 3.63) is 42.2 Å². The highest BCUT2D eigenvalue weighted by atomic mass is 16.5. The molecule has 3 N–H and O–H groups in total. The summed E-state index contributed by atoms with van der Waals surface area (Å²) in [6, 6.07) is 9.15. The fourth-order valence-corrected chi connectivity index (χ4v) is 1.67. The summed E-state index contributed by atoms with van der Waals surface area (Å²) in [7, 11) is 0. The van der Waals surface area contributed by atoms with Crippen LogP contribution in [0.25, 0.3) is 0 Å². The second kappa shape index (κ2) is 7.35. The molecule has 6 nitrogen and oxygen atoms in total. The SMILES string of the molecule is Cc1ccnc(Oc2ccc(NC(=O)CCCN)cc2)n1. The molecule has 1 aromatic heterocycles. The van der Waals surface area contributed by atoms with Crippen LogP contribution in [0.2, 0.25) is 0 Å². The fourth-order valence-electron chi connectivity index (χ4n) is 1.67. The Kier molecular flexibility index (Phi) is 5.22. The first-order valence-electron chi connectivity index (χ1n) is 6.75. The first-order chi connectivity index (χ1) is 10.2. The van der Waals surface area contributed by atoms with Gasteiger partial charge in [0.1, 0.15) is 5.75 Å². The lowest BCUT2D eigenvalue weighted by atomic mass is 10.2. The van der Waals surface area contributed by atoms with Gasteiger partial charge in [0.05, 0.1) is 0 Å². The highest BCUT2D eigenvalue weighted by Crippen LogP contribution is 2.20. The number of carbonyl (C=O) groups excluding carboxylic acids is 1. The Hall–Kier alpha value is -2.47. The van der Waals surface area contributed by atoms with Crippen LogP contribution in [-0.2, 0) is 4.79 Å². The Bertz CT molecular complexity index is 599. The van der Waals surface area contributed by atoms with E-state index in [1.807, 2.05) is 6.92 Å². The average molecular weight is 286 g/mol. The van der Waals surface area contributed by atoms with Crippen LogP contribution in [0.4, 0.5) is 5.69 Å². The zero-order valence-corrected chi connectivity index (χ0v) is 11.9. The fraction of sp³-hybridized carbons (Fsp3) is 0.267. The Balaban J connectivity index is 1.94. The number of nitrogens with zero attached hydrogens (tertiary/aromatic N) is 2. The van der Waals surface area contributed by atoms with Gasteiger partial charge in [0.25, 0.3) is 0 Å². The molecule has 0 aliphatic heterocycles. The second-order valence-corrected chi connectivity index (χ2v) is 4.55. The second-order valence-electron chi connectivity index (χ2n) is 4.55. The van der Waals surface area contributed by atoms with Gasteiger partial charge in [-0.05, 0) is 50.2 Å². The molecule has 1 aromatic carbocycles. The van der Waals surface area contributed by atoms with Gasteiger partial charge in [-0.15, -0.1) is 0 Å². The van der Waals surface area contributed by atoms with Crippen molar-refractivity contribution in [2.45, 2.75) is 19.8 Å². The van der Waals surface area contributed by atoms with Gasteiger partial charge >= 0.3 is 6.01 Å². The number of hydrogen-bond acceptors (Lipinski definition) is 5. The van der Waals surface area contributed by atoms with Gasteiger partial charge in [-0.2, -0.15) is 0 Å². The largest absolute Gasteiger partial charge is 0.424 e. The van der Waals surface area contributed by atoms with Crippen molar-refractivity contribution in [3.8, 4) is 11.8 Å². The van der Waals surface area contributed by atoms with E-state index in [-0.39, 0.29) is 5.91 Å². The predicted octanol–water partition coefficient (Wildman–Crippen LogP) is 2.25. The lowest BCUT2D eigenvalue weighted by Gasteiger charge is -2.07. The predicted molar refractivity (Wildman–Crippen MR) is 80.2 cm³/mol. The van der Waals surface area contributed by atoms with Crippen molar-refractivity contribution in [1.82, 2.24) is 9.97 Å². The summed E-state index contributed by atoms with van der Waals surface area (Å²) < 4.78 is 5.53. The number of rotatable bonds is 6. The lowest BCUT2D eigenvalue weighted by molar-refractivity contribution is -0.116. The number of amides is 1. The molecule has 0 aliphatic rings. The van der Waals surface area contributed by atoms with E-state index in [4.69, 9.17) is 10.5 Å². The summed E-state index contributed by atoms with van der Waals surface area (Å²) in [5.41, 5.74) is 6.92. The molecule has 2 rings (SSSR count). The number of aromatic nitrogens is 2. The first kappa shape index (κ1) is 14.9. The van der Waals surface area contributed by atoms with Crippen LogP contribution in [0.1, 0.15) is 18.5 Å². The molecule has 6 heteroatoms. The van der Waals surface area contributed by atoms with Gasteiger partial charge in [-0.1, -0.05) is 0 Å². The van der Waals surface area contributed by atoms with E-state index in [0.717, 1.165) is 11.4 Å². The van der Waals surface area contributed by atoms with Crippen molar-refractivity contribution in [1.29, 1.82) is 0 Å². The van der Waals surface area contributed by atoms with E-state index in [1.165, 1.54) is 0 Å². The summed E-state index contributed by atoms with van der Waals surface area (Å²) in [6.07, 6.45) is 2.74. The number of hydrogen-bond donors (Lipinski definition) is 2. The number of nitrogens with two attached hydrogens (primary N) is 1. The van der Waals surface area contributed by atoms with E-state index in [2.05, 4.69) is 15.3 Å². The summed E-state index contributed by atoms with van der Waals surface area (Å²) in [6.45, 7) is 2.38. The monoisotopic (exact) mass is 286 g/mol. The molecule has 0 aliphatic carbocycles. The summed E-state index contributed by atoms with van der Waals surface area (Å²) in [5, 5.41) is 2.80. The van der Waals surface area contributed by atoms with Crippen molar-refractivity contribution in [3.63, 3.8) is 0 Å². The quantitative estimate of drug-likeness (QED) is 0.850. The van der Waals surface area contributed by atoms with Gasteiger partial charge in [0.15, 0.2) is 0 Å². The van der Waals surface area contributed by atoms with Gasteiger partial charge in [0.2, 0.25) is 5.91 Å². The summed E-state index contributed by atoms with van der Waals surface area (Å²) >= 11 is 0. The lowest BCUT2D eigenvalue weighted by Crippen LogP contribution is -2.13. The van der Waals surface area contributed by atoms with E-state index >= 15 is 0 Å². The minimum absolute atomic E-state index is 0.0452. The molecule has 0 spiro atoms. The Morgan fingerprint density at radius 1 is 1.29 bits per heavy atom. The molecule has 2 aromatic rings. The minimum Gasteiger partial charge on any atom is -0.424 e. The normalized spacial score (nSPS) is 10.2. The minimum atomic E-state index is -0.0452. The third kappa shape index (κ3) is 4.85. The van der Waals surface area contributed by atoms with Crippen LogP contribution in [-0.4, -0.2) is 22.4 Å². The molecule has 0 saturated heterocycles. The summed E-state index contributed by atoms with van der Waals surface area (Å²) in [4.78, 5) is 19.7. The van der Waals surface area contributed by atoms with Crippen LogP contribution in [0.5, 0.6) is 11.8 Å². The van der Waals surface area contributed by atoms with E-state index in [1.54, 1.807) is 36.5 Å². The first-order valence-corrected chi connectivity index (χ1v) is 6.75. The Morgan fingerprint density at radius 2 is 2.05 bits per heavy atom. The maximum Gasteiger partial charge on any atom is 0.322 e. The molecule has 1 heterocycles. The maximum atomic E-state index is 11.6. The van der Waals surface area contributed by atoms with Crippen LogP contribution < -0.4 is 15.8 Å². The van der Waals surface area contributed by atoms with Crippen molar-refractivity contribution in [2.75, 3.05) is 11.9 Å². The molecule has 0 saturated carbocycles. The third-order valence-electron chi connectivity index (χ3n) is 2.73. The molecule has 0 fully saturated rings. The standard InChI is InChI=1S/C15H18N4O2/c1-11-8-10-17-15(18-11)21-13-6-4-12(5-7-13)19-14(20)3-2-9-16/h4-8,10H,2-3,9,16H2,1H3,(H,19,20). The summed E-state index contributed by atoms with van der Waals surface area (Å²) in [5.74, 6) is 0.566. The zero-order valence-electron chi connectivity index (χ0n) is 11.9. The molecule has 0 bridgehead atoms. The highest BCUT2D eigenvalue weighted by molar-refractivity contribution is 5.90. The molecule has 1 amide bonds. The van der Waals surface area contributed by atoms with E-state index in [0.29, 0.717) is 31.1 Å². The van der Waals surface area contributed by atoms with E-state index < -0.39 is 0 Å². The molecule has 110 valence electrons. The number of carbonyl (C=O) groups is 1. The van der Waals surface area contributed by atoms with Gasteiger partial charge in [-0.3, -0.25) is 4.79 Å². The molecule has 0 unspecified atom stereocenters. The zero-order chi connectivity index (χ0) is 15.1.